The number of amides is 1. The number of rotatable bonds is 8. The van der Waals surface area contributed by atoms with Crippen LogP contribution in [0.15, 0.2) is 30.3 Å². The monoisotopic (exact) mass is 399 g/mol. The highest BCUT2D eigenvalue weighted by Gasteiger charge is 2.22. The molecule has 2 heterocycles. The van der Waals surface area contributed by atoms with Crippen LogP contribution >= 0.6 is 0 Å². The summed E-state index contributed by atoms with van der Waals surface area (Å²) in [6.45, 7) is 1.78. The van der Waals surface area contributed by atoms with Crippen LogP contribution in [-0.2, 0) is 17.8 Å². The van der Waals surface area contributed by atoms with E-state index in [1.165, 1.54) is 11.6 Å². The first-order valence-corrected chi connectivity index (χ1v) is 9.47. The Morgan fingerprint density at radius 3 is 2.59 bits per heavy atom. The van der Waals surface area contributed by atoms with E-state index < -0.39 is 5.97 Å². The van der Waals surface area contributed by atoms with Crippen LogP contribution in [0.3, 0.4) is 0 Å². The van der Waals surface area contributed by atoms with Gasteiger partial charge in [-0.2, -0.15) is 0 Å². The zero-order valence-electron chi connectivity index (χ0n) is 16.6. The average Bonchev–Trinajstić information content (AvgIpc) is 2.75. The van der Waals surface area contributed by atoms with Crippen molar-refractivity contribution in [3.63, 3.8) is 0 Å². The van der Waals surface area contributed by atoms with Gasteiger partial charge in [-0.1, -0.05) is 6.07 Å². The van der Waals surface area contributed by atoms with Crippen molar-refractivity contribution in [2.45, 2.75) is 25.8 Å². The molecule has 154 valence electrons. The van der Waals surface area contributed by atoms with Crippen LogP contribution in [0.1, 0.15) is 34.5 Å². The Balaban J connectivity index is 1.51. The molecule has 29 heavy (non-hydrogen) atoms. The molecule has 2 N–H and O–H groups in total. The molecule has 3 rings (SSSR count). The van der Waals surface area contributed by atoms with Crippen molar-refractivity contribution in [2.75, 3.05) is 32.6 Å². The van der Waals surface area contributed by atoms with Gasteiger partial charge in [-0.3, -0.25) is 4.79 Å². The van der Waals surface area contributed by atoms with Gasteiger partial charge in [-0.25, -0.2) is 9.78 Å². The Hall–Kier alpha value is -3.29. The van der Waals surface area contributed by atoms with Crippen molar-refractivity contribution in [3.8, 4) is 11.5 Å². The lowest BCUT2D eigenvalue weighted by atomic mass is 9.98. The highest BCUT2D eigenvalue weighted by atomic mass is 16.5. The number of carboxylic acids is 1. The largest absolute Gasteiger partial charge is 0.493 e. The minimum Gasteiger partial charge on any atom is -0.493 e. The van der Waals surface area contributed by atoms with Gasteiger partial charge in [0.05, 0.1) is 14.2 Å². The van der Waals surface area contributed by atoms with Crippen LogP contribution < -0.4 is 14.8 Å². The fourth-order valence-electron chi connectivity index (χ4n) is 3.36. The number of carbonyl (C=O) groups is 2. The van der Waals surface area contributed by atoms with Crippen molar-refractivity contribution in [1.82, 2.24) is 9.88 Å². The predicted octanol–water partition coefficient (Wildman–Crippen LogP) is 2.57. The number of hydrogen-bond acceptors (Lipinski definition) is 6. The summed E-state index contributed by atoms with van der Waals surface area (Å²) >= 11 is 0. The highest BCUT2D eigenvalue weighted by molar-refractivity contribution is 5.85. The number of nitrogens with one attached hydrogen (secondary N) is 1. The summed E-state index contributed by atoms with van der Waals surface area (Å²) in [5, 5.41) is 12.0. The Bertz CT molecular complexity index is 900. The molecule has 1 amide bonds. The molecule has 0 saturated carbocycles. The number of pyridine rings is 1. The van der Waals surface area contributed by atoms with Crippen LogP contribution in [0.4, 0.5) is 5.82 Å². The first kappa shape index (κ1) is 20.4. The van der Waals surface area contributed by atoms with Gasteiger partial charge in [-0.15, -0.1) is 0 Å². The molecule has 0 fully saturated rings. The number of hydrogen-bond donors (Lipinski definition) is 2. The number of aromatic nitrogens is 1. The predicted molar refractivity (Wildman–Crippen MR) is 108 cm³/mol. The number of methoxy groups -OCH3 is 2. The molecule has 2 aromatic rings. The Morgan fingerprint density at radius 2 is 1.90 bits per heavy atom. The molecule has 1 aliphatic heterocycles. The molecule has 0 saturated heterocycles. The van der Waals surface area contributed by atoms with Gasteiger partial charge >= 0.3 is 5.97 Å². The smallest absolute Gasteiger partial charge is 0.354 e. The molecule has 8 nitrogen and oxygen atoms in total. The number of carbonyl (C=O) groups excluding carboxylic acids is 1. The third kappa shape index (κ3) is 4.96. The van der Waals surface area contributed by atoms with E-state index >= 15 is 0 Å². The maximum absolute atomic E-state index is 12.6. The van der Waals surface area contributed by atoms with Gasteiger partial charge in [0.25, 0.3) is 0 Å². The van der Waals surface area contributed by atoms with Crippen molar-refractivity contribution in [3.05, 3.63) is 47.2 Å². The van der Waals surface area contributed by atoms with Crippen molar-refractivity contribution in [1.29, 1.82) is 0 Å². The average molecular weight is 399 g/mol. The molecule has 1 aliphatic rings. The zero-order valence-corrected chi connectivity index (χ0v) is 16.6. The van der Waals surface area contributed by atoms with E-state index in [1.807, 2.05) is 17.0 Å². The zero-order chi connectivity index (χ0) is 20.8. The lowest BCUT2D eigenvalue weighted by Crippen LogP contribution is -2.36. The van der Waals surface area contributed by atoms with E-state index in [1.54, 1.807) is 26.4 Å². The van der Waals surface area contributed by atoms with E-state index in [4.69, 9.17) is 14.6 Å². The standard InChI is InChI=1S/C21H25N3O5/c1-28-17-11-14-8-10-24(13-15(14)12-18(17)29-2)20(25)7-4-9-22-19-6-3-5-16(23-19)21(26)27/h3,5-6,11-12H,4,7-10,13H2,1-2H3,(H,22,23)(H,26,27). The maximum atomic E-state index is 12.6. The fraction of sp³-hybridized carbons (Fsp3) is 0.381. The van der Waals surface area contributed by atoms with E-state index in [-0.39, 0.29) is 11.6 Å². The second kappa shape index (κ2) is 9.27. The highest BCUT2D eigenvalue weighted by Crippen LogP contribution is 2.33. The van der Waals surface area contributed by atoms with Crippen LogP contribution in [0.2, 0.25) is 0 Å². The second-order valence-electron chi connectivity index (χ2n) is 6.78. The minimum absolute atomic E-state index is 0.00915. The SMILES string of the molecule is COc1cc2c(cc1OC)CN(C(=O)CCCNc1cccc(C(=O)O)n1)CC2. The van der Waals surface area contributed by atoms with E-state index in [0.29, 0.717) is 49.8 Å². The van der Waals surface area contributed by atoms with Crippen LogP contribution in [-0.4, -0.2) is 54.2 Å². The van der Waals surface area contributed by atoms with Crippen molar-refractivity contribution < 1.29 is 24.2 Å². The maximum Gasteiger partial charge on any atom is 0.354 e. The summed E-state index contributed by atoms with van der Waals surface area (Å²) in [6.07, 6.45) is 1.83. The number of fused-ring (bicyclic) bond motifs is 1. The summed E-state index contributed by atoms with van der Waals surface area (Å²) in [7, 11) is 3.22. The van der Waals surface area contributed by atoms with Gasteiger partial charge in [0.1, 0.15) is 5.82 Å². The first-order valence-electron chi connectivity index (χ1n) is 9.47. The third-order valence-electron chi connectivity index (χ3n) is 4.91. The van der Waals surface area contributed by atoms with Crippen LogP contribution in [0.25, 0.3) is 0 Å². The number of nitrogens with zero attached hydrogens (tertiary/aromatic N) is 2. The number of ether oxygens (including phenoxy) is 2. The molecule has 0 bridgehead atoms. The number of anilines is 1. The lowest BCUT2D eigenvalue weighted by Gasteiger charge is -2.29. The molecule has 8 heteroatoms. The number of aromatic carboxylic acids is 1. The summed E-state index contributed by atoms with van der Waals surface area (Å²) < 4.78 is 10.7. The minimum atomic E-state index is -1.07. The molecule has 0 radical (unpaired) electrons. The molecule has 1 aromatic heterocycles. The summed E-state index contributed by atoms with van der Waals surface area (Å²) in [6, 6.07) is 8.71. The molecule has 0 atom stereocenters. The normalized spacial score (nSPS) is 12.8. The number of carboxylic acid groups (broad SMARTS) is 1. The van der Waals surface area contributed by atoms with Gasteiger partial charge in [0.15, 0.2) is 17.2 Å². The number of benzene rings is 1. The Morgan fingerprint density at radius 1 is 1.17 bits per heavy atom. The van der Waals surface area contributed by atoms with Crippen molar-refractivity contribution >= 4 is 17.7 Å². The van der Waals surface area contributed by atoms with E-state index in [9.17, 15) is 9.59 Å². The van der Waals surface area contributed by atoms with E-state index in [2.05, 4.69) is 10.3 Å². The summed E-state index contributed by atoms with van der Waals surface area (Å²) in [5.74, 6) is 0.895. The van der Waals surface area contributed by atoms with Gasteiger partial charge in [0.2, 0.25) is 5.91 Å². The first-order chi connectivity index (χ1) is 14.0. The topological polar surface area (TPSA) is 101 Å². The molecular weight excluding hydrogens is 374 g/mol. The Labute approximate surface area is 169 Å². The lowest BCUT2D eigenvalue weighted by molar-refractivity contribution is -0.132. The molecule has 0 aliphatic carbocycles. The van der Waals surface area contributed by atoms with Gasteiger partial charge in [0, 0.05) is 26.1 Å². The summed E-state index contributed by atoms with van der Waals surface area (Å²) in [5.41, 5.74) is 2.25. The molecular formula is C21H25N3O5. The third-order valence-corrected chi connectivity index (χ3v) is 4.91. The Kier molecular flexibility index (Phi) is 6.54. The summed E-state index contributed by atoms with van der Waals surface area (Å²) in [4.78, 5) is 29.4. The van der Waals surface area contributed by atoms with Gasteiger partial charge in [-0.05, 0) is 48.2 Å². The second-order valence-corrected chi connectivity index (χ2v) is 6.78. The van der Waals surface area contributed by atoms with Crippen LogP contribution in [0.5, 0.6) is 11.5 Å². The van der Waals surface area contributed by atoms with E-state index in [0.717, 1.165) is 12.0 Å². The van der Waals surface area contributed by atoms with Crippen LogP contribution in [0, 0.1) is 0 Å². The molecule has 1 aromatic carbocycles. The fourth-order valence-corrected chi connectivity index (χ4v) is 3.36. The van der Waals surface area contributed by atoms with Crippen molar-refractivity contribution in [2.24, 2.45) is 0 Å². The molecule has 0 spiro atoms. The van der Waals surface area contributed by atoms with Gasteiger partial charge < -0.3 is 24.8 Å². The molecule has 0 unspecified atom stereocenters. The quantitative estimate of drug-likeness (QED) is 0.658.